The molecule has 0 radical (unpaired) electrons. The highest BCUT2D eigenvalue weighted by molar-refractivity contribution is 5.64. The van der Waals surface area contributed by atoms with Crippen molar-refractivity contribution in [1.82, 2.24) is 9.97 Å². The monoisotopic (exact) mass is 534 g/mol. The predicted octanol–water partition coefficient (Wildman–Crippen LogP) is 10.0. The minimum atomic E-state index is -0.919. The van der Waals surface area contributed by atoms with E-state index in [0.717, 1.165) is 48.3 Å². The van der Waals surface area contributed by atoms with Gasteiger partial charge in [-0.3, -0.25) is 0 Å². The lowest BCUT2D eigenvalue weighted by atomic mass is 10.1. The number of halogens is 1. The van der Waals surface area contributed by atoms with Crippen molar-refractivity contribution < 1.29 is 13.9 Å². The zero-order valence-corrected chi connectivity index (χ0v) is 24.0. The number of aromatic nitrogens is 2. The van der Waals surface area contributed by atoms with Crippen LogP contribution in [-0.4, -0.2) is 29.4 Å². The molecule has 0 spiro atoms. The van der Waals surface area contributed by atoms with Crippen molar-refractivity contribution in [3.8, 4) is 34.0 Å². The summed E-state index contributed by atoms with van der Waals surface area (Å²) in [4.78, 5) is 9.12. The Morgan fingerprint density at radius 1 is 0.590 bits per heavy atom. The zero-order valence-electron chi connectivity index (χ0n) is 24.0. The molecule has 39 heavy (non-hydrogen) atoms. The molecule has 0 aliphatic carbocycles. The Bertz CT molecular complexity index is 1020. The first-order valence-corrected chi connectivity index (χ1v) is 15.1. The van der Waals surface area contributed by atoms with Crippen LogP contribution in [0.4, 0.5) is 4.39 Å². The van der Waals surface area contributed by atoms with E-state index < -0.39 is 6.17 Å². The molecule has 0 N–H and O–H groups in total. The van der Waals surface area contributed by atoms with E-state index in [2.05, 4.69) is 23.8 Å². The Balaban J connectivity index is 1.38. The van der Waals surface area contributed by atoms with E-state index in [0.29, 0.717) is 18.0 Å². The second-order valence-electron chi connectivity index (χ2n) is 10.4. The fraction of sp³-hybridized carbons (Fsp3) is 0.529. The van der Waals surface area contributed by atoms with Crippen molar-refractivity contribution in [2.24, 2.45) is 0 Å². The van der Waals surface area contributed by atoms with Crippen LogP contribution in [0.3, 0.4) is 0 Å². The molecule has 5 heteroatoms. The summed E-state index contributed by atoms with van der Waals surface area (Å²) < 4.78 is 25.8. The number of hydrogen-bond acceptors (Lipinski definition) is 4. The van der Waals surface area contributed by atoms with Gasteiger partial charge in [0.15, 0.2) is 5.82 Å². The number of rotatable bonds is 20. The lowest BCUT2D eigenvalue weighted by Crippen LogP contribution is -2.12. The van der Waals surface area contributed by atoms with Crippen molar-refractivity contribution >= 4 is 0 Å². The van der Waals surface area contributed by atoms with E-state index >= 15 is 0 Å². The molecule has 0 bridgehead atoms. The van der Waals surface area contributed by atoms with Crippen molar-refractivity contribution in [2.45, 2.75) is 103 Å². The molecule has 1 aromatic heterocycles. The van der Waals surface area contributed by atoms with Gasteiger partial charge < -0.3 is 9.47 Å². The predicted molar refractivity (Wildman–Crippen MR) is 160 cm³/mol. The average Bonchev–Trinajstić information content (AvgIpc) is 2.98. The molecule has 0 aliphatic rings. The fourth-order valence-corrected chi connectivity index (χ4v) is 4.56. The van der Waals surface area contributed by atoms with Crippen LogP contribution in [0.15, 0.2) is 60.9 Å². The zero-order chi connectivity index (χ0) is 27.5. The van der Waals surface area contributed by atoms with Crippen molar-refractivity contribution in [3.05, 3.63) is 60.9 Å². The van der Waals surface area contributed by atoms with Gasteiger partial charge in [-0.25, -0.2) is 14.4 Å². The Labute approximate surface area is 235 Å². The number of unbranched alkanes of at least 4 members (excludes halogenated alkanes) is 10. The Kier molecular flexibility index (Phi) is 14.4. The maximum absolute atomic E-state index is 14.3. The Morgan fingerprint density at radius 3 is 1.72 bits per heavy atom. The van der Waals surface area contributed by atoms with Crippen LogP contribution in [0.25, 0.3) is 22.5 Å². The number of benzene rings is 2. The lowest BCUT2D eigenvalue weighted by molar-refractivity contribution is 0.184. The van der Waals surface area contributed by atoms with Crippen LogP contribution in [-0.2, 0) is 0 Å². The number of alkyl halides is 1. The van der Waals surface area contributed by atoms with E-state index in [1.54, 1.807) is 0 Å². The fourth-order valence-electron chi connectivity index (χ4n) is 4.56. The topological polar surface area (TPSA) is 44.2 Å². The van der Waals surface area contributed by atoms with Gasteiger partial charge in [0.2, 0.25) is 0 Å². The smallest absolute Gasteiger partial charge is 0.159 e. The van der Waals surface area contributed by atoms with Gasteiger partial charge in [0, 0.05) is 23.5 Å². The highest BCUT2D eigenvalue weighted by atomic mass is 19.1. The second-order valence-corrected chi connectivity index (χ2v) is 10.4. The summed E-state index contributed by atoms with van der Waals surface area (Å²) in [7, 11) is 0. The minimum absolute atomic E-state index is 0.107. The van der Waals surface area contributed by atoms with Gasteiger partial charge in [-0.2, -0.15) is 0 Å². The average molecular weight is 535 g/mol. The van der Waals surface area contributed by atoms with Gasteiger partial charge in [-0.15, -0.1) is 0 Å². The molecule has 0 amide bonds. The summed E-state index contributed by atoms with van der Waals surface area (Å²) in [6.07, 6.45) is 17.9. The van der Waals surface area contributed by atoms with Gasteiger partial charge in [-0.1, -0.05) is 96.6 Å². The molecule has 3 rings (SSSR count). The standard InChI is InChI=1S/C34H47FN2O2/c1-3-5-7-9-10-11-12-13-15-31(35)27-39-33-20-16-28(17-21-33)30-25-36-34(37-26-30)29-18-22-32(23-19-29)38-24-14-8-6-4-2/h16-23,25-26,31H,3-15,24,27H2,1-2H3. The first-order valence-electron chi connectivity index (χ1n) is 15.1. The first-order chi connectivity index (χ1) is 19.2. The number of hydrogen-bond donors (Lipinski definition) is 0. The van der Waals surface area contributed by atoms with Gasteiger partial charge in [0.05, 0.1) is 6.61 Å². The third-order valence-corrected chi connectivity index (χ3v) is 7.02. The van der Waals surface area contributed by atoms with Crippen LogP contribution >= 0.6 is 0 Å². The Morgan fingerprint density at radius 2 is 1.10 bits per heavy atom. The van der Waals surface area contributed by atoms with Crippen LogP contribution in [0.2, 0.25) is 0 Å². The molecule has 212 valence electrons. The normalized spacial score (nSPS) is 11.9. The van der Waals surface area contributed by atoms with Crippen LogP contribution in [0, 0.1) is 0 Å². The molecule has 0 saturated heterocycles. The minimum Gasteiger partial charge on any atom is -0.494 e. The van der Waals surface area contributed by atoms with Crippen molar-refractivity contribution in [2.75, 3.05) is 13.2 Å². The van der Waals surface area contributed by atoms with E-state index in [9.17, 15) is 4.39 Å². The molecule has 0 saturated carbocycles. The summed E-state index contributed by atoms with van der Waals surface area (Å²) in [5.74, 6) is 2.24. The summed E-state index contributed by atoms with van der Waals surface area (Å²) >= 11 is 0. The third-order valence-electron chi connectivity index (χ3n) is 7.02. The molecular weight excluding hydrogens is 487 g/mol. The number of nitrogens with zero attached hydrogens (tertiary/aromatic N) is 2. The molecule has 4 nitrogen and oxygen atoms in total. The maximum atomic E-state index is 14.3. The molecular formula is C34H47FN2O2. The molecule has 0 aliphatic heterocycles. The summed E-state index contributed by atoms with van der Waals surface area (Å²) in [6.45, 7) is 5.31. The van der Waals surface area contributed by atoms with Crippen molar-refractivity contribution in [1.29, 1.82) is 0 Å². The summed E-state index contributed by atoms with van der Waals surface area (Å²) in [5, 5.41) is 0. The maximum Gasteiger partial charge on any atom is 0.159 e. The molecule has 3 aromatic rings. The van der Waals surface area contributed by atoms with Crippen LogP contribution in [0.5, 0.6) is 11.5 Å². The van der Waals surface area contributed by atoms with E-state index in [1.165, 1.54) is 57.8 Å². The quantitative estimate of drug-likeness (QED) is 0.135. The van der Waals surface area contributed by atoms with Crippen molar-refractivity contribution in [3.63, 3.8) is 0 Å². The lowest BCUT2D eigenvalue weighted by Gasteiger charge is -2.11. The largest absolute Gasteiger partial charge is 0.494 e. The molecule has 0 fully saturated rings. The first kappa shape index (κ1) is 30.6. The Hall–Kier alpha value is -2.95. The summed E-state index contributed by atoms with van der Waals surface area (Å²) in [6, 6.07) is 15.6. The van der Waals surface area contributed by atoms with Gasteiger partial charge in [-0.05, 0) is 54.8 Å². The number of ether oxygens (including phenoxy) is 2. The van der Waals surface area contributed by atoms with E-state index in [1.807, 2.05) is 60.9 Å². The van der Waals surface area contributed by atoms with E-state index in [4.69, 9.17) is 9.47 Å². The second kappa shape index (κ2) is 18.4. The molecule has 1 atom stereocenters. The van der Waals surface area contributed by atoms with Gasteiger partial charge >= 0.3 is 0 Å². The highest BCUT2D eigenvalue weighted by Gasteiger charge is 2.09. The van der Waals surface area contributed by atoms with Gasteiger partial charge in [0.1, 0.15) is 24.3 Å². The molecule has 1 unspecified atom stereocenters. The van der Waals surface area contributed by atoms with Crippen LogP contribution < -0.4 is 9.47 Å². The summed E-state index contributed by atoms with van der Waals surface area (Å²) in [5.41, 5.74) is 2.88. The molecule has 2 aromatic carbocycles. The van der Waals surface area contributed by atoms with Gasteiger partial charge in [0.25, 0.3) is 0 Å². The van der Waals surface area contributed by atoms with E-state index in [-0.39, 0.29) is 6.61 Å². The SMILES string of the molecule is CCCCCCCCCCC(F)COc1ccc(-c2cnc(-c3ccc(OCCCCCC)cc3)nc2)cc1. The highest BCUT2D eigenvalue weighted by Crippen LogP contribution is 2.24. The van der Waals surface area contributed by atoms with Crippen LogP contribution in [0.1, 0.15) is 97.3 Å². The third kappa shape index (κ3) is 11.8. The molecule has 1 heterocycles.